The number of aryl methyl sites for hydroxylation is 2. The van der Waals surface area contributed by atoms with Crippen LogP contribution >= 0.6 is 0 Å². The number of rotatable bonds is 19. The lowest BCUT2D eigenvalue weighted by atomic mass is 9.78. The Labute approximate surface area is 335 Å². The number of aromatic nitrogens is 2. The summed E-state index contributed by atoms with van der Waals surface area (Å²) in [6, 6.07) is 25.3. The predicted molar refractivity (Wildman–Crippen MR) is 233 cm³/mol. The highest BCUT2D eigenvalue weighted by atomic mass is 16.5. The molecule has 0 aliphatic heterocycles. The third-order valence-corrected chi connectivity index (χ3v) is 12.4. The Morgan fingerprint density at radius 1 is 0.473 bits per heavy atom. The van der Waals surface area contributed by atoms with Gasteiger partial charge < -0.3 is 9.47 Å². The van der Waals surface area contributed by atoms with Crippen LogP contribution in [0.15, 0.2) is 85.2 Å². The highest BCUT2D eigenvalue weighted by Crippen LogP contribution is 2.35. The topological polar surface area (TPSA) is 44.2 Å². The summed E-state index contributed by atoms with van der Waals surface area (Å²) < 4.78 is 11.2. The number of hydrogen-bond donors (Lipinski definition) is 0. The van der Waals surface area contributed by atoms with E-state index in [1.165, 1.54) is 127 Å². The lowest BCUT2D eigenvalue weighted by molar-refractivity contribution is 0.249. The Kier molecular flexibility index (Phi) is 18.6. The fourth-order valence-corrected chi connectivity index (χ4v) is 8.66. The van der Waals surface area contributed by atoms with E-state index in [9.17, 15) is 0 Å². The second-order valence-corrected chi connectivity index (χ2v) is 16.5. The van der Waals surface area contributed by atoms with Crippen molar-refractivity contribution in [3.8, 4) is 34.0 Å². The molecule has 0 saturated heterocycles. The standard InChI is InChI=1S/C27H39NO.C24H33NO/c1-3-5-6-7-8-22-9-11-23(12-10-22)13-14-24-15-20-27(28-21-24)25-16-18-26(19-17-25)29-4-2;1-3-17-26-23-14-12-22(13-15-23)24-16-11-21(18-25-24)10-9-20-7-5-19(4-2)6-8-20/h15-23H,3-14H2,1-2H3;11-16,18-20H,3-10,17H2,1-2H3. The molecular formula is C51H72N2O2. The van der Waals surface area contributed by atoms with Gasteiger partial charge in [0, 0.05) is 23.5 Å². The largest absolute Gasteiger partial charge is 0.494 e. The van der Waals surface area contributed by atoms with E-state index < -0.39 is 0 Å². The molecule has 0 bridgehead atoms. The molecular weight excluding hydrogens is 673 g/mol. The quantitative estimate of drug-likeness (QED) is 0.0897. The molecule has 2 aliphatic carbocycles. The van der Waals surface area contributed by atoms with E-state index in [2.05, 4.69) is 86.7 Å². The first-order chi connectivity index (χ1) is 27.1. The van der Waals surface area contributed by atoms with E-state index in [4.69, 9.17) is 14.5 Å². The summed E-state index contributed by atoms with van der Waals surface area (Å²) in [6.07, 6.45) is 30.2. The highest BCUT2D eigenvalue weighted by molar-refractivity contribution is 5.61. The lowest BCUT2D eigenvalue weighted by Crippen LogP contribution is -2.15. The van der Waals surface area contributed by atoms with Crippen LogP contribution in [0.2, 0.25) is 0 Å². The van der Waals surface area contributed by atoms with Gasteiger partial charge in [-0.1, -0.05) is 123 Å². The van der Waals surface area contributed by atoms with E-state index in [0.717, 1.165) is 70.7 Å². The molecule has 0 amide bonds. The van der Waals surface area contributed by atoms with E-state index in [0.29, 0.717) is 6.61 Å². The van der Waals surface area contributed by atoms with Crippen LogP contribution < -0.4 is 9.47 Å². The molecule has 2 aromatic heterocycles. The van der Waals surface area contributed by atoms with Crippen molar-refractivity contribution in [1.82, 2.24) is 9.97 Å². The molecule has 2 fully saturated rings. The summed E-state index contributed by atoms with van der Waals surface area (Å²) in [5.74, 6) is 5.71. The first-order valence-electron chi connectivity index (χ1n) is 22.4. The number of benzene rings is 2. The molecule has 2 aliphatic rings. The Morgan fingerprint density at radius 2 is 0.945 bits per heavy atom. The Bertz CT molecular complexity index is 1570. The maximum atomic E-state index is 5.65. The molecule has 0 unspecified atom stereocenters. The Balaban J connectivity index is 0.000000212. The molecule has 6 rings (SSSR count). The number of hydrogen-bond acceptors (Lipinski definition) is 4. The first-order valence-corrected chi connectivity index (χ1v) is 22.4. The van der Waals surface area contributed by atoms with Crippen molar-refractivity contribution in [1.29, 1.82) is 0 Å². The molecule has 55 heavy (non-hydrogen) atoms. The van der Waals surface area contributed by atoms with Crippen LogP contribution in [0.5, 0.6) is 11.5 Å². The van der Waals surface area contributed by atoms with Crippen molar-refractivity contribution in [3.63, 3.8) is 0 Å². The third kappa shape index (κ3) is 14.7. The van der Waals surface area contributed by atoms with Crippen LogP contribution in [-0.4, -0.2) is 23.2 Å². The summed E-state index contributed by atoms with van der Waals surface area (Å²) in [6.45, 7) is 10.2. The normalized spacial score (nSPS) is 19.6. The molecule has 2 aromatic carbocycles. The molecule has 0 radical (unpaired) electrons. The molecule has 4 nitrogen and oxygen atoms in total. The molecule has 0 N–H and O–H groups in total. The Hall–Kier alpha value is -3.66. The third-order valence-electron chi connectivity index (χ3n) is 12.4. The Morgan fingerprint density at radius 3 is 1.36 bits per heavy atom. The van der Waals surface area contributed by atoms with Gasteiger partial charge in [0.1, 0.15) is 11.5 Å². The van der Waals surface area contributed by atoms with Crippen LogP contribution in [0.1, 0.15) is 148 Å². The van der Waals surface area contributed by atoms with Crippen LogP contribution in [0.3, 0.4) is 0 Å². The molecule has 4 heteroatoms. The average molecular weight is 745 g/mol. The molecule has 2 heterocycles. The highest BCUT2D eigenvalue weighted by Gasteiger charge is 2.21. The zero-order chi connectivity index (χ0) is 38.5. The van der Waals surface area contributed by atoms with Crippen molar-refractivity contribution in [2.75, 3.05) is 13.2 Å². The predicted octanol–water partition coefficient (Wildman–Crippen LogP) is 14.5. The fourth-order valence-electron chi connectivity index (χ4n) is 8.66. The second-order valence-electron chi connectivity index (χ2n) is 16.5. The van der Waals surface area contributed by atoms with Gasteiger partial charge in [-0.25, -0.2) is 0 Å². The molecule has 298 valence electrons. The number of ether oxygens (including phenoxy) is 2. The smallest absolute Gasteiger partial charge is 0.119 e. The van der Waals surface area contributed by atoms with Gasteiger partial charge in [-0.05, 0) is 134 Å². The monoisotopic (exact) mass is 745 g/mol. The minimum absolute atomic E-state index is 0.701. The van der Waals surface area contributed by atoms with Gasteiger partial charge in [-0.2, -0.15) is 0 Å². The fraction of sp³-hybridized carbons (Fsp3) is 0.569. The minimum atomic E-state index is 0.701. The van der Waals surface area contributed by atoms with Gasteiger partial charge in [-0.15, -0.1) is 0 Å². The lowest BCUT2D eigenvalue weighted by Gasteiger charge is -2.28. The molecule has 0 spiro atoms. The zero-order valence-corrected chi connectivity index (χ0v) is 35.0. The maximum Gasteiger partial charge on any atom is 0.119 e. The summed E-state index contributed by atoms with van der Waals surface area (Å²) in [4.78, 5) is 9.40. The van der Waals surface area contributed by atoms with Crippen molar-refractivity contribution >= 4 is 0 Å². The van der Waals surface area contributed by atoms with Crippen molar-refractivity contribution in [2.45, 2.75) is 150 Å². The maximum absolute atomic E-state index is 5.65. The zero-order valence-electron chi connectivity index (χ0n) is 35.0. The number of pyridine rings is 2. The van der Waals surface area contributed by atoms with Gasteiger partial charge in [-0.3, -0.25) is 9.97 Å². The van der Waals surface area contributed by atoms with Crippen LogP contribution in [-0.2, 0) is 12.8 Å². The van der Waals surface area contributed by atoms with Crippen molar-refractivity contribution < 1.29 is 9.47 Å². The summed E-state index contributed by atoms with van der Waals surface area (Å²) >= 11 is 0. The van der Waals surface area contributed by atoms with E-state index in [-0.39, 0.29) is 0 Å². The summed E-state index contributed by atoms with van der Waals surface area (Å²) in [5, 5.41) is 0. The van der Waals surface area contributed by atoms with Gasteiger partial charge in [0.25, 0.3) is 0 Å². The number of unbranched alkanes of at least 4 members (excludes halogenated alkanes) is 3. The van der Waals surface area contributed by atoms with Crippen LogP contribution in [0, 0.1) is 23.7 Å². The average Bonchev–Trinajstić information content (AvgIpc) is 3.25. The second kappa shape index (κ2) is 24.1. The van der Waals surface area contributed by atoms with Crippen LogP contribution in [0.25, 0.3) is 22.5 Å². The molecule has 2 saturated carbocycles. The van der Waals surface area contributed by atoms with Gasteiger partial charge in [0.05, 0.1) is 24.6 Å². The SMILES string of the molecule is CCCCCCC1CCC(CCc2ccc(-c3ccc(OCC)cc3)nc2)CC1.CCCOc1ccc(-c2ccc(CCC3CCC(CC)CC3)cn2)cc1. The van der Waals surface area contributed by atoms with E-state index in [1.54, 1.807) is 0 Å². The van der Waals surface area contributed by atoms with E-state index >= 15 is 0 Å². The van der Waals surface area contributed by atoms with Crippen molar-refractivity contribution in [3.05, 3.63) is 96.3 Å². The summed E-state index contributed by atoms with van der Waals surface area (Å²) in [5.41, 5.74) is 7.13. The molecule has 4 aromatic rings. The number of nitrogens with zero attached hydrogens (tertiary/aromatic N) is 2. The first kappa shape index (κ1) is 42.5. The summed E-state index contributed by atoms with van der Waals surface area (Å²) in [7, 11) is 0. The molecule has 0 atom stereocenters. The minimum Gasteiger partial charge on any atom is -0.494 e. The van der Waals surface area contributed by atoms with Gasteiger partial charge in [0.2, 0.25) is 0 Å². The van der Waals surface area contributed by atoms with Gasteiger partial charge in [0.15, 0.2) is 0 Å². The van der Waals surface area contributed by atoms with Gasteiger partial charge >= 0.3 is 0 Å². The van der Waals surface area contributed by atoms with E-state index in [1.807, 2.05) is 31.2 Å². The van der Waals surface area contributed by atoms with Crippen LogP contribution in [0.4, 0.5) is 0 Å². The van der Waals surface area contributed by atoms with Crippen molar-refractivity contribution in [2.24, 2.45) is 23.7 Å².